The topological polar surface area (TPSA) is 47.6 Å². The van der Waals surface area contributed by atoms with Crippen molar-refractivity contribution in [3.8, 4) is 11.5 Å². The van der Waals surface area contributed by atoms with Crippen molar-refractivity contribution in [2.45, 2.75) is 43.6 Å². The van der Waals surface area contributed by atoms with Gasteiger partial charge in [0.15, 0.2) is 11.5 Å². The van der Waals surface area contributed by atoms with Gasteiger partial charge in [-0.2, -0.15) is 0 Å². The molecule has 140 valence electrons. The Labute approximate surface area is 164 Å². The third-order valence-corrected chi connectivity index (χ3v) is 4.92. The molecule has 2 aromatic carbocycles. The first-order valence-corrected chi connectivity index (χ1v) is 9.68. The van der Waals surface area contributed by atoms with Crippen LogP contribution in [0.2, 0.25) is 5.02 Å². The van der Waals surface area contributed by atoms with Crippen LogP contribution in [0.25, 0.3) is 0 Å². The summed E-state index contributed by atoms with van der Waals surface area (Å²) in [4.78, 5) is 13.3. The summed E-state index contributed by atoms with van der Waals surface area (Å²) in [6.45, 7) is 6.25. The smallest absolute Gasteiger partial charge is 0.233 e. The first kappa shape index (κ1) is 20.5. The van der Waals surface area contributed by atoms with Crippen molar-refractivity contribution in [3.05, 3.63) is 53.1 Å². The quantitative estimate of drug-likeness (QED) is 0.646. The zero-order valence-electron chi connectivity index (χ0n) is 15.4. The van der Waals surface area contributed by atoms with E-state index in [-0.39, 0.29) is 17.3 Å². The predicted octanol–water partition coefficient (Wildman–Crippen LogP) is 4.93. The molecule has 1 unspecified atom stereocenters. The Balaban J connectivity index is 1.92. The zero-order valence-corrected chi connectivity index (χ0v) is 17.0. The van der Waals surface area contributed by atoms with E-state index in [9.17, 15) is 4.79 Å². The van der Waals surface area contributed by atoms with E-state index < -0.39 is 0 Å². The molecule has 1 N–H and O–H groups in total. The summed E-state index contributed by atoms with van der Waals surface area (Å²) in [7, 11) is 1.61. The molecule has 0 fully saturated rings. The molecular weight excluding hydrogens is 370 g/mol. The van der Waals surface area contributed by atoms with Gasteiger partial charge >= 0.3 is 0 Å². The molecule has 0 spiro atoms. The molecule has 26 heavy (non-hydrogen) atoms. The number of halogens is 1. The Hall–Kier alpha value is -1.85. The fraction of sp³-hybridized carbons (Fsp3) is 0.350. The van der Waals surface area contributed by atoms with Crippen molar-refractivity contribution in [2.24, 2.45) is 0 Å². The van der Waals surface area contributed by atoms with Crippen LogP contribution in [0.15, 0.2) is 47.4 Å². The van der Waals surface area contributed by atoms with Crippen molar-refractivity contribution in [2.75, 3.05) is 7.11 Å². The van der Waals surface area contributed by atoms with E-state index in [4.69, 9.17) is 21.1 Å². The molecule has 0 aliphatic carbocycles. The number of ether oxygens (including phenoxy) is 2. The van der Waals surface area contributed by atoms with Gasteiger partial charge in [0, 0.05) is 16.5 Å². The fourth-order valence-corrected chi connectivity index (χ4v) is 3.29. The molecule has 0 aliphatic heterocycles. The Morgan fingerprint density at radius 2 is 1.81 bits per heavy atom. The SMILES string of the molecule is COc1cc(CNC(=O)C(C)Sc2ccc(Cl)cc2)ccc1OC(C)C. The molecule has 0 heterocycles. The van der Waals surface area contributed by atoms with Gasteiger partial charge in [0.2, 0.25) is 5.91 Å². The maximum atomic E-state index is 12.3. The Morgan fingerprint density at radius 1 is 1.12 bits per heavy atom. The minimum absolute atomic E-state index is 0.0218. The summed E-state index contributed by atoms with van der Waals surface area (Å²) in [5.41, 5.74) is 0.954. The van der Waals surface area contributed by atoms with Gasteiger partial charge in [0.1, 0.15) is 0 Å². The van der Waals surface area contributed by atoms with E-state index in [1.54, 1.807) is 7.11 Å². The molecule has 0 radical (unpaired) electrons. The second-order valence-corrected chi connectivity index (χ2v) is 7.93. The number of methoxy groups -OCH3 is 1. The number of nitrogens with one attached hydrogen (secondary N) is 1. The lowest BCUT2D eigenvalue weighted by molar-refractivity contribution is -0.120. The first-order valence-electron chi connectivity index (χ1n) is 8.42. The van der Waals surface area contributed by atoms with Crippen molar-refractivity contribution < 1.29 is 14.3 Å². The number of hydrogen-bond acceptors (Lipinski definition) is 4. The monoisotopic (exact) mass is 393 g/mol. The van der Waals surface area contributed by atoms with Crippen LogP contribution in [-0.2, 0) is 11.3 Å². The van der Waals surface area contributed by atoms with Gasteiger partial charge in [-0.05, 0) is 62.7 Å². The maximum absolute atomic E-state index is 12.3. The highest BCUT2D eigenvalue weighted by Crippen LogP contribution is 2.29. The molecule has 0 saturated heterocycles. The van der Waals surface area contributed by atoms with Gasteiger partial charge in [-0.25, -0.2) is 0 Å². The second-order valence-electron chi connectivity index (χ2n) is 6.08. The van der Waals surface area contributed by atoms with Gasteiger partial charge in [-0.3, -0.25) is 4.79 Å². The molecule has 6 heteroatoms. The van der Waals surface area contributed by atoms with Crippen molar-refractivity contribution in [3.63, 3.8) is 0 Å². The van der Waals surface area contributed by atoms with Crippen molar-refractivity contribution in [1.29, 1.82) is 0 Å². The highest BCUT2D eigenvalue weighted by atomic mass is 35.5. The minimum Gasteiger partial charge on any atom is -0.493 e. The molecule has 1 atom stereocenters. The molecule has 0 bridgehead atoms. The van der Waals surface area contributed by atoms with E-state index in [1.807, 2.05) is 63.2 Å². The molecule has 4 nitrogen and oxygen atoms in total. The molecular formula is C20H24ClNO3S. The summed E-state index contributed by atoms with van der Waals surface area (Å²) in [6.07, 6.45) is 0.0696. The number of thioether (sulfide) groups is 1. The lowest BCUT2D eigenvalue weighted by atomic mass is 10.2. The average molecular weight is 394 g/mol. The molecule has 1 amide bonds. The van der Waals surface area contributed by atoms with Crippen molar-refractivity contribution >= 4 is 29.3 Å². The van der Waals surface area contributed by atoms with Crippen LogP contribution in [0.1, 0.15) is 26.3 Å². The van der Waals surface area contributed by atoms with Crippen LogP contribution < -0.4 is 14.8 Å². The number of carbonyl (C=O) groups excluding carboxylic acids is 1. The Bertz CT molecular complexity index is 734. The number of rotatable bonds is 8. The lowest BCUT2D eigenvalue weighted by Crippen LogP contribution is -2.30. The van der Waals surface area contributed by atoms with Crippen LogP contribution in [0.3, 0.4) is 0 Å². The van der Waals surface area contributed by atoms with Gasteiger partial charge in [-0.1, -0.05) is 17.7 Å². The fourth-order valence-electron chi connectivity index (χ4n) is 2.28. The van der Waals surface area contributed by atoms with E-state index in [1.165, 1.54) is 11.8 Å². The van der Waals surface area contributed by atoms with Gasteiger partial charge in [-0.15, -0.1) is 11.8 Å². The Kier molecular flexibility index (Phi) is 7.66. The zero-order chi connectivity index (χ0) is 19.1. The van der Waals surface area contributed by atoms with E-state index in [0.717, 1.165) is 10.5 Å². The molecule has 2 aromatic rings. The number of hydrogen-bond donors (Lipinski definition) is 1. The largest absolute Gasteiger partial charge is 0.493 e. The third kappa shape index (κ3) is 6.15. The molecule has 0 saturated carbocycles. The van der Waals surface area contributed by atoms with Crippen LogP contribution in [0.5, 0.6) is 11.5 Å². The lowest BCUT2D eigenvalue weighted by Gasteiger charge is -2.15. The normalized spacial score (nSPS) is 11.9. The van der Waals surface area contributed by atoms with Crippen LogP contribution in [0, 0.1) is 0 Å². The van der Waals surface area contributed by atoms with Gasteiger partial charge in [0.25, 0.3) is 0 Å². The predicted molar refractivity (Wildman–Crippen MR) is 107 cm³/mol. The van der Waals surface area contributed by atoms with E-state index in [0.29, 0.717) is 23.1 Å². The Morgan fingerprint density at radius 3 is 2.42 bits per heavy atom. The number of carbonyl (C=O) groups is 1. The molecule has 0 aromatic heterocycles. The summed E-state index contributed by atoms with van der Waals surface area (Å²) in [5.74, 6) is 1.34. The summed E-state index contributed by atoms with van der Waals surface area (Å²) in [6, 6.07) is 13.1. The average Bonchev–Trinajstić information content (AvgIpc) is 2.62. The highest BCUT2D eigenvalue weighted by molar-refractivity contribution is 8.00. The third-order valence-electron chi connectivity index (χ3n) is 3.55. The number of benzene rings is 2. The second kappa shape index (κ2) is 9.74. The van der Waals surface area contributed by atoms with E-state index >= 15 is 0 Å². The van der Waals surface area contributed by atoms with Crippen molar-refractivity contribution in [1.82, 2.24) is 5.32 Å². The molecule has 2 rings (SSSR count). The summed E-state index contributed by atoms with van der Waals surface area (Å²) in [5, 5.41) is 3.44. The summed E-state index contributed by atoms with van der Waals surface area (Å²) >= 11 is 7.38. The van der Waals surface area contributed by atoms with E-state index in [2.05, 4.69) is 5.32 Å². The van der Waals surface area contributed by atoms with Crippen LogP contribution >= 0.6 is 23.4 Å². The molecule has 0 aliphatic rings. The number of amides is 1. The summed E-state index contributed by atoms with van der Waals surface area (Å²) < 4.78 is 11.1. The van der Waals surface area contributed by atoms with Crippen LogP contribution in [0.4, 0.5) is 0 Å². The maximum Gasteiger partial charge on any atom is 0.233 e. The first-order chi connectivity index (χ1) is 12.4. The highest BCUT2D eigenvalue weighted by Gasteiger charge is 2.15. The van der Waals surface area contributed by atoms with Crippen LogP contribution in [-0.4, -0.2) is 24.4 Å². The van der Waals surface area contributed by atoms with Gasteiger partial charge < -0.3 is 14.8 Å². The minimum atomic E-state index is -0.207. The standard InChI is InChI=1S/C20H24ClNO3S/c1-13(2)25-18-10-5-15(11-19(18)24-4)12-22-20(23)14(3)26-17-8-6-16(21)7-9-17/h5-11,13-14H,12H2,1-4H3,(H,22,23). The van der Waals surface area contributed by atoms with Gasteiger partial charge in [0.05, 0.1) is 18.5 Å².